The van der Waals surface area contributed by atoms with Crippen LogP contribution in [0.5, 0.6) is 5.75 Å². The van der Waals surface area contributed by atoms with E-state index in [0.29, 0.717) is 30.4 Å². The van der Waals surface area contributed by atoms with Crippen LogP contribution in [0.2, 0.25) is 0 Å². The van der Waals surface area contributed by atoms with E-state index >= 15 is 0 Å². The van der Waals surface area contributed by atoms with Crippen LogP contribution in [0.1, 0.15) is 26.7 Å². The van der Waals surface area contributed by atoms with Crippen LogP contribution in [0.15, 0.2) is 24.3 Å². The van der Waals surface area contributed by atoms with Crippen LogP contribution in [0, 0.1) is 5.92 Å². The van der Waals surface area contributed by atoms with Gasteiger partial charge in [-0.15, -0.1) is 0 Å². The van der Waals surface area contributed by atoms with Gasteiger partial charge in [-0.1, -0.05) is 19.9 Å². The number of ether oxygens (including phenoxy) is 1. The molecule has 2 rings (SSSR count). The highest BCUT2D eigenvalue weighted by Crippen LogP contribution is 2.18. The van der Waals surface area contributed by atoms with E-state index in [0.717, 1.165) is 6.42 Å². The number of sulfone groups is 1. The summed E-state index contributed by atoms with van der Waals surface area (Å²) in [5.41, 5.74) is 0.616. The Balaban J connectivity index is 1.83. The van der Waals surface area contributed by atoms with E-state index in [1.54, 1.807) is 18.2 Å². The van der Waals surface area contributed by atoms with Crippen molar-refractivity contribution in [3.05, 3.63) is 24.3 Å². The number of urea groups is 1. The maximum atomic E-state index is 11.9. The number of amides is 2. The highest BCUT2D eigenvalue weighted by Gasteiger charge is 2.28. The lowest BCUT2D eigenvalue weighted by Crippen LogP contribution is -2.38. The van der Waals surface area contributed by atoms with E-state index < -0.39 is 15.9 Å². The van der Waals surface area contributed by atoms with Crippen molar-refractivity contribution in [2.75, 3.05) is 23.4 Å². The predicted molar refractivity (Wildman–Crippen MR) is 90.6 cm³/mol. The first-order valence-electron chi connectivity index (χ1n) is 7.85. The number of rotatable bonds is 6. The molecule has 2 amide bonds. The summed E-state index contributed by atoms with van der Waals surface area (Å²) < 4.78 is 28.4. The Hall–Kier alpha value is -1.76. The Morgan fingerprint density at radius 1 is 1.39 bits per heavy atom. The largest absolute Gasteiger partial charge is 0.494 e. The average Bonchev–Trinajstić information content (AvgIpc) is 2.77. The highest BCUT2D eigenvalue weighted by atomic mass is 32.2. The third-order valence-electron chi connectivity index (χ3n) is 3.62. The molecule has 1 fully saturated rings. The van der Waals surface area contributed by atoms with Gasteiger partial charge in [-0.25, -0.2) is 13.2 Å². The van der Waals surface area contributed by atoms with Crippen molar-refractivity contribution in [2.45, 2.75) is 32.7 Å². The molecule has 0 bridgehead atoms. The van der Waals surface area contributed by atoms with Gasteiger partial charge < -0.3 is 15.4 Å². The minimum absolute atomic E-state index is 0.0127. The second kappa shape index (κ2) is 7.68. The zero-order chi connectivity index (χ0) is 16.9. The van der Waals surface area contributed by atoms with Crippen molar-refractivity contribution in [2.24, 2.45) is 5.92 Å². The Morgan fingerprint density at radius 3 is 2.83 bits per heavy atom. The summed E-state index contributed by atoms with van der Waals surface area (Å²) in [7, 11) is -3.00. The second-order valence-electron chi connectivity index (χ2n) is 6.26. The molecule has 1 atom stereocenters. The van der Waals surface area contributed by atoms with E-state index in [4.69, 9.17) is 4.74 Å². The number of hydrogen-bond donors (Lipinski definition) is 2. The number of carbonyl (C=O) groups is 1. The molecule has 0 aliphatic carbocycles. The molecule has 1 saturated heterocycles. The van der Waals surface area contributed by atoms with E-state index in [2.05, 4.69) is 24.5 Å². The van der Waals surface area contributed by atoms with Crippen molar-refractivity contribution < 1.29 is 17.9 Å². The van der Waals surface area contributed by atoms with E-state index in [1.807, 2.05) is 6.07 Å². The van der Waals surface area contributed by atoms with E-state index in [-0.39, 0.29) is 17.5 Å². The highest BCUT2D eigenvalue weighted by molar-refractivity contribution is 7.91. The molecule has 23 heavy (non-hydrogen) atoms. The molecule has 7 heteroatoms. The predicted octanol–water partition coefficient (Wildman–Crippen LogP) is 2.42. The molecule has 0 radical (unpaired) electrons. The summed E-state index contributed by atoms with van der Waals surface area (Å²) in [6.07, 6.45) is 1.43. The van der Waals surface area contributed by atoms with Gasteiger partial charge >= 0.3 is 6.03 Å². The summed E-state index contributed by atoms with van der Waals surface area (Å²) in [5, 5.41) is 5.40. The van der Waals surface area contributed by atoms with Gasteiger partial charge in [0.2, 0.25) is 0 Å². The summed E-state index contributed by atoms with van der Waals surface area (Å²) in [6.45, 7) is 4.90. The van der Waals surface area contributed by atoms with E-state index in [9.17, 15) is 13.2 Å². The third-order valence-corrected chi connectivity index (χ3v) is 5.39. The van der Waals surface area contributed by atoms with Gasteiger partial charge in [-0.3, -0.25) is 0 Å². The van der Waals surface area contributed by atoms with Gasteiger partial charge in [0.1, 0.15) is 5.75 Å². The molecule has 0 spiro atoms. The van der Waals surface area contributed by atoms with Crippen LogP contribution < -0.4 is 15.4 Å². The van der Waals surface area contributed by atoms with Crippen LogP contribution in [-0.4, -0.2) is 38.6 Å². The standard InChI is InChI=1S/C16H24N2O4S/c1-12(2)6-8-22-15-5-3-4-13(10-15)17-16(19)18-14-7-9-23(20,21)11-14/h3-5,10,12,14H,6-9,11H2,1-2H3,(H2,17,18,19)/t14-/m0/s1. The second-order valence-corrected chi connectivity index (χ2v) is 8.49. The Labute approximate surface area is 137 Å². The number of carbonyl (C=O) groups excluding carboxylic acids is 1. The van der Waals surface area contributed by atoms with Crippen LogP contribution in [0.3, 0.4) is 0 Å². The van der Waals surface area contributed by atoms with Gasteiger partial charge in [-0.05, 0) is 30.9 Å². The zero-order valence-corrected chi connectivity index (χ0v) is 14.4. The lowest BCUT2D eigenvalue weighted by atomic mass is 10.1. The first kappa shape index (κ1) is 17.6. The monoisotopic (exact) mass is 340 g/mol. The normalized spacial score (nSPS) is 19.5. The van der Waals surface area contributed by atoms with Gasteiger partial charge in [0.15, 0.2) is 9.84 Å². The number of nitrogens with one attached hydrogen (secondary N) is 2. The summed E-state index contributed by atoms with van der Waals surface area (Å²) in [4.78, 5) is 11.9. The minimum atomic E-state index is -3.00. The molecule has 1 aliphatic rings. The van der Waals surface area contributed by atoms with Crippen molar-refractivity contribution in [3.63, 3.8) is 0 Å². The fourth-order valence-electron chi connectivity index (χ4n) is 2.34. The Bertz CT molecular complexity index is 643. The fourth-order valence-corrected chi connectivity index (χ4v) is 4.01. The van der Waals surface area contributed by atoms with Gasteiger partial charge in [0, 0.05) is 17.8 Å². The fraction of sp³-hybridized carbons (Fsp3) is 0.562. The molecule has 1 heterocycles. The summed E-state index contributed by atoms with van der Waals surface area (Å²) in [6, 6.07) is 6.45. The van der Waals surface area contributed by atoms with Crippen LogP contribution in [-0.2, 0) is 9.84 Å². The molecule has 128 valence electrons. The first-order chi connectivity index (χ1) is 10.8. The molecule has 6 nitrogen and oxygen atoms in total. The number of hydrogen-bond acceptors (Lipinski definition) is 4. The molecule has 0 unspecified atom stereocenters. The van der Waals surface area contributed by atoms with E-state index in [1.165, 1.54) is 0 Å². The van der Waals surface area contributed by atoms with Crippen molar-refractivity contribution >= 4 is 21.6 Å². The van der Waals surface area contributed by atoms with Crippen LogP contribution in [0.25, 0.3) is 0 Å². The Kier molecular flexibility index (Phi) is 5.87. The van der Waals surface area contributed by atoms with Crippen molar-refractivity contribution in [1.82, 2.24) is 5.32 Å². The SMILES string of the molecule is CC(C)CCOc1cccc(NC(=O)N[C@H]2CCS(=O)(=O)C2)c1. The molecule has 1 aliphatic heterocycles. The maximum absolute atomic E-state index is 11.9. The van der Waals surface area contributed by atoms with Gasteiger partial charge in [0.05, 0.1) is 18.1 Å². The molecule has 2 N–H and O–H groups in total. The van der Waals surface area contributed by atoms with Crippen LogP contribution >= 0.6 is 0 Å². The molecular formula is C16H24N2O4S. The van der Waals surface area contributed by atoms with Crippen LogP contribution in [0.4, 0.5) is 10.5 Å². The number of benzene rings is 1. The minimum Gasteiger partial charge on any atom is -0.494 e. The Morgan fingerprint density at radius 2 is 2.17 bits per heavy atom. The smallest absolute Gasteiger partial charge is 0.319 e. The number of anilines is 1. The summed E-state index contributed by atoms with van der Waals surface area (Å²) >= 11 is 0. The molecule has 0 saturated carbocycles. The summed E-state index contributed by atoms with van der Waals surface area (Å²) in [5.74, 6) is 1.42. The maximum Gasteiger partial charge on any atom is 0.319 e. The lowest BCUT2D eigenvalue weighted by molar-refractivity contribution is 0.249. The zero-order valence-electron chi connectivity index (χ0n) is 13.5. The molecular weight excluding hydrogens is 316 g/mol. The van der Waals surface area contributed by atoms with Crippen molar-refractivity contribution in [1.29, 1.82) is 0 Å². The molecule has 0 aromatic heterocycles. The average molecular weight is 340 g/mol. The first-order valence-corrected chi connectivity index (χ1v) is 9.67. The quantitative estimate of drug-likeness (QED) is 0.833. The molecule has 1 aromatic rings. The van der Waals surface area contributed by atoms with Gasteiger partial charge in [0.25, 0.3) is 0 Å². The third kappa shape index (κ3) is 6.09. The molecule has 1 aromatic carbocycles. The lowest BCUT2D eigenvalue weighted by Gasteiger charge is -2.13. The topological polar surface area (TPSA) is 84.5 Å². The van der Waals surface area contributed by atoms with Crippen molar-refractivity contribution in [3.8, 4) is 5.75 Å². The van der Waals surface area contributed by atoms with Gasteiger partial charge in [-0.2, -0.15) is 0 Å².